The number of rotatable bonds is 3. The lowest BCUT2D eigenvalue weighted by Crippen LogP contribution is -2.21. The maximum Gasteiger partial charge on any atom is 0.269 e. The van der Waals surface area contributed by atoms with Crippen molar-refractivity contribution in [2.75, 3.05) is 0 Å². The molecule has 0 fully saturated rings. The largest absolute Gasteiger partial charge is 0.299 e. The Hall–Kier alpha value is -3.87. The molecular weight excluding hydrogens is 357 g/mol. The van der Waals surface area contributed by atoms with E-state index in [1.165, 1.54) is 16.8 Å². The zero-order valence-electron chi connectivity index (χ0n) is 14.6. The smallest absolute Gasteiger partial charge is 0.269 e. The van der Waals surface area contributed by atoms with Gasteiger partial charge < -0.3 is 0 Å². The van der Waals surface area contributed by atoms with Gasteiger partial charge in [-0.15, -0.1) is 0 Å². The van der Waals surface area contributed by atoms with Crippen molar-refractivity contribution < 1.29 is 4.39 Å². The van der Waals surface area contributed by atoms with E-state index in [2.05, 4.69) is 20.2 Å². The fraction of sp³-hybridized carbons (Fsp3) is 0.0476. The number of pyridine rings is 1. The lowest BCUT2D eigenvalue weighted by molar-refractivity contribution is 0.599. The van der Waals surface area contributed by atoms with Crippen molar-refractivity contribution >= 4 is 22.1 Å². The van der Waals surface area contributed by atoms with Crippen LogP contribution in [0.15, 0.2) is 71.9 Å². The second-order valence-electron chi connectivity index (χ2n) is 6.51. The first-order valence-corrected chi connectivity index (χ1v) is 8.71. The molecule has 5 rings (SSSR count). The number of aromatic nitrogens is 5. The van der Waals surface area contributed by atoms with Gasteiger partial charge in [0.1, 0.15) is 5.82 Å². The number of halogens is 1. The first-order chi connectivity index (χ1) is 13.7. The van der Waals surface area contributed by atoms with Gasteiger partial charge in [0.25, 0.3) is 5.56 Å². The Labute approximate surface area is 158 Å². The van der Waals surface area contributed by atoms with Crippen LogP contribution < -0.4 is 5.56 Å². The second kappa shape index (κ2) is 6.38. The maximum absolute atomic E-state index is 14.8. The molecule has 0 saturated heterocycles. The van der Waals surface area contributed by atoms with Crippen LogP contribution in [0.25, 0.3) is 33.2 Å². The Kier molecular flexibility index (Phi) is 3.72. The predicted molar refractivity (Wildman–Crippen MR) is 104 cm³/mol. The highest BCUT2D eigenvalue weighted by atomic mass is 19.1. The van der Waals surface area contributed by atoms with Crippen molar-refractivity contribution in [1.29, 1.82) is 0 Å². The Morgan fingerprint density at radius 1 is 1.00 bits per heavy atom. The van der Waals surface area contributed by atoms with E-state index in [4.69, 9.17) is 0 Å². The summed E-state index contributed by atoms with van der Waals surface area (Å²) in [5.41, 5.74) is 3.74. The van der Waals surface area contributed by atoms with Gasteiger partial charge in [0, 0.05) is 17.1 Å². The molecule has 0 unspecified atom stereocenters. The van der Waals surface area contributed by atoms with Gasteiger partial charge in [-0.25, -0.2) is 14.4 Å². The molecule has 0 aliphatic carbocycles. The Morgan fingerprint density at radius 3 is 2.75 bits per heavy atom. The van der Waals surface area contributed by atoms with E-state index < -0.39 is 0 Å². The van der Waals surface area contributed by atoms with E-state index in [0.717, 1.165) is 22.0 Å². The minimum absolute atomic E-state index is 0.108. The van der Waals surface area contributed by atoms with Gasteiger partial charge in [0.2, 0.25) is 0 Å². The van der Waals surface area contributed by atoms with Crippen molar-refractivity contribution in [3.8, 4) is 11.1 Å². The predicted octanol–water partition coefficient (Wildman–Crippen LogP) is 3.52. The third-order valence-corrected chi connectivity index (χ3v) is 4.78. The Bertz CT molecular complexity index is 1390. The van der Waals surface area contributed by atoms with Crippen LogP contribution in [0.3, 0.4) is 0 Å². The molecule has 6 nitrogen and oxygen atoms in total. The lowest BCUT2D eigenvalue weighted by Gasteiger charge is -2.11. The van der Waals surface area contributed by atoms with Gasteiger partial charge in [0.05, 0.1) is 30.0 Å². The third kappa shape index (κ3) is 2.73. The highest BCUT2D eigenvalue weighted by molar-refractivity contribution is 5.84. The standard InChI is InChI=1S/C21H14FN5O/c22-17-9-14(13-5-6-18-16(8-13)10-25-26-18)3-4-15(17)12-27-19-2-1-7-23-21(19)24-11-20(27)28/h1-11H,12H2,(H,25,26). The molecule has 5 aromatic rings. The van der Waals surface area contributed by atoms with E-state index in [1.54, 1.807) is 30.6 Å². The average Bonchev–Trinajstić information content (AvgIpc) is 3.19. The monoisotopic (exact) mass is 371 g/mol. The van der Waals surface area contributed by atoms with Gasteiger partial charge >= 0.3 is 0 Å². The molecular formula is C21H14FN5O. The Morgan fingerprint density at radius 2 is 1.86 bits per heavy atom. The van der Waals surface area contributed by atoms with Crippen LogP contribution in [0, 0.1) is 5.82 Å². The average molecular weight is 371 g/mol. The van der Waals surface area contributed by atoms with Crippen molar-refractivity contribution in [2.24, 2.45) is 0 Å². The summed E-state index contributed by atoms with van der Waals surface area (Å²) < 4.78 is 16.3. The minimum atomic E-state index is -0.370. The third-order valence-electron chi connectivity index (χ3n) is 4.78. The number of hydrogen-bond donors (Lipinski definition) is 1. The van der Waals surface area contributed by atoms with Crippen LogP contribution in [-0.2, 0) is 6.54 Å². The molecule has 0 spiro atoms. The van der Waals surface area contributed by atoms with Crippen LogP contribution in [-0.4, -0.2) is 24.7 Å². The number of hydrogen-bond acceptors (Lipinski definition) is 4. The normalized spacial score (nSPS) is 11.3. The van der Waals surface area contributed by atoms with Crippen LogP contribution in [0.5, 0.6) is 0 Å². The first-order valence-electron chi connectivity index (χ1n) is 8.71. The number of fused-ring (bicyclic) bond motifs is 2. The molecule has 2 aromatic carbocycles. The van der Waals surface area contributed by atoms with Crippen LogP contribution in [0.1, 0.15) is 5.56 Å². The van der Waals surface area contributed by atoms with Crippen molar-refractivity contribution in [2.45, 2.75) is 6.54 Å². The number of H-pyrrole nitrogens is 1. The molecule has 1 N–H and O–H groups in total. The summed E-state index contributed by atoms with van der Waals surface area (Å²) in [5.74, 6) is -0.370. The number of benzene rings is 2. The molecule has 7 heteroatoms. The lowest BCUT2D eigenvalue weighted by atomic mass is 10.0. The van der Waals surface area contributed by atoms with Crippen LogP contribution in [0.4, 0.5) is 4.39 Å². The maximum atomic E-state index is 14.8. The molecule has 136 valence electrons. The highest BCUT2D eigenvalue weighted by Gasteiger charge is 2.10. The first kappa shape index (κ1) is 16.3. The number of nitrogens with zero attached hydrogens (tertiary/aromatic N) is 4. The molecule has 0 amide bonds. The molecule has 0 bridgehead atoms. The van der Waals surface area contributed by atoms with E-state index in [9.17, 15) is 9.18 Å². The van der Waals surface area contributed by atoms with Gasteiger partial charge in [-0.1, -0.05) is 18.2 Å². The SMILES string of the molecule is O=c1cnc2ncccc2n1Cc1ccc(-c2ccc3[nH]ncc3c2)cc1F. The van der Waals surface area contributed by atoms with Crippen LogP contribution in [0.2, 0.25) is 0 Å². The molecule has 28 heavy (non-hydrogen) atoms. The second-order valence-corrected chi connectivity index (χ2v) is 6.51. The Balaban J connectivity index is 1.54. The molecule has 0 aliphatic rings. The number of aromatic amines is 1. The van der Waals surface area contributed by atoms with Gasteiger partial charge in [-0.3, -0.25) is 14.5 Å². The topological polar surface area (TPSA) is 76.5 Å². The van der Waals surface area contributed by atoms with Gasteiger partial charge in [-0.05, 0) is 41.5 Å². The van der Waals surface area contributed by atoms with E-state index in [1.807, 2.05) is 24.3 Å². The van der Waals surface area contributed by atoms with E-state index >= 15 is 0 Å². The molecule has 0 aliphatic heterocycles. The van der Waals surface area contributed by atoms with E-state index in [0.29, 0.717) is 16.7 Å². The van der Waals surface area contributed by atoms with Crippen molar-refractivity contribution in [3.05, 3.63) is 88.9 Å². The highest BCUT2D eigenvalue weighted by Crippen LogP contribution is 2.25. The van der Waals surface area contributed by atoms with Crippen LogP contribution >= 0.6 is 0 Å². The van der Waals surface area contributed by atoms with Crippen molar-refractivity contribution in [1.82, 2.24) is 24.7 Å². The van der Waals surface area contributed by atoms with E-state index in [-0.39, 0.29) is 17.9 Å². The summed E-state index contributed by atoms with van der Waals surface area (Å²) >= 11 is 0. The summed E-state index contributed by atoms with van der Waals surface area (Å²) in [7, 11) is 0. The van der Waals surface area contributed by atoms with Crippen molar-refractivity contribution in [3.63, 3.8) is 0 Å². The minimum Gasteiger partial charge on any atom is -0.299 e. The molecule has 3 aromatic heterocycles. The molecule has 0 radical (unpaired) electrons. The summed E-state index contributed by atoms with van der Waals surface area (Å²) in [6.45, 7) is 0.108. The summed E-state index contributed by atoms with van der Waals surface area (Å²) in [6, 6.07) is 14.3. The molecule has 0 saturated carbocycles. The summed E-state index contributed by atoms with van der Waals surface area (Å²) in [5, 5.41) is 7.87. The quantitative estimate of drug-likeness (QED) is 0.526. The zero-order valence-corrected chi connectivity index (χ0v) is 14.6. The summed E-state index contributed by atoms with van der Waals surface area (Å²) in [6.07, 6.45) is 4.55. The van der Waals surface area contributed by atoms with Gasteiger partial charge in [-0.2, -0.15) is 5.10 Å². The molecule has 0 atom stereocenters. The fourth-order valence-corrected chi connectivity index (χ4v) is 3.31. The zero-order chi connectivity index (χ0) is 19.1. The molecule has 3 heterocycles. The van der Waals surface area contributed by atoms with Gasteiger partial charge in [0.15, 0.2) is 5.65 Å². The number of nitrogens with one attached hydrogen (secondary N) is 1. The fourth-order valence-electron chi connectivity index (χ4n) is 3.31. The summed E-state index contributed by atoms with van der Waals surface area (Å²) in [4.78, 5) is 20.5.